The molecule has 1 aliphatic heterocycles. The number of hydrogen-bond donors (Lipinski definition) is 2. The van der Waals surface area contributed by atoms with Crippen molar-refractivity contribution in [1.29, 1.82) is 0 Å². The van der Waals surface area contributed by atoms with Crippen LogP contribution in [0.5, 0.6) is 0 Å². The summed E-state index contributed by atoms with van der Waals surface area (Å²) in [6.07, 6.45) is 1.88. The van der Waals surface area contributed by atoms with E-state index < -0.39 is 6.04 Å². The highest BCUT2D eigenvalue weighted by molar-refractivity contribution is 9.10. The average molecular weight is 463 g/mol. The van der Waals surface area contributed by atoms with Crippen LogP contribution in [0.15, 0.2) is 83.3 Å². The van der Waals surface area contributed by atoms with E-state index in [-0.39, 0.29) is 17.9 Å². The Hall–Kier alpha value is -3.25. The minimum Gasteiger partial charge on any atom is -0.334 e. The fourth-order valence-electron chi connectivity index (χ4n) is 3.47. The number of rotatable bonds is 4. The molecule has 0 aliphatic carbocycles. The lowest BCUT2D eigenvalue weighted by atomic mass is 9.98. The maximum Gasteiger partial charge on any atom is 0.304 e. The third-order valence-corrected chi connectivity index (χ3v) is 5.57. The van der Waals surface area contributed by atoms with E-state index in [9.17, 15) is 9.59 Å². The van der Waals surface area contributed by atoms with Crippen LogP contribution in [0.3, 0.4) is 0 Å². The number of amides is 2. The monoisotopic (exact) mass is 462 g/mol. The number of hydrogen-bond acceptors (Lipinski definition) is 2. The molecule has 2 amide bonds. The van der Waals surface area contributed by atoms with Crippen LogP contribution in [0.25, 0.3) is 0 Å². The largest absolute Gasteiger partial charge is 0.334 e. The predicted octanol–water partition coefficient (Wildman–Crippen LogP) is 3.77. The first-order chi connectivity index (χ1) is 14.5. The lowest BCUT2D eigenvalue weighted by molar-refractivity contribution is -0.596. The molecular formula is C24H21BrN3O2+. The molecule has 1 aliphatic rings. The average Bonchev–Trinajstić information content (AvgIpc) is 3.05. The van der Waals surface area contributed by atoms with E-state index in [4.69, 9.17) is 0 Å². The highest BCUT2D eigenvalue weighted by Gasteiger charge is 2.47. The zero-order chi connectivity index (χ0) is 21.1. The first kappa shape index (κ1) is 20.0. The summed E-state index contributed by atoms with van der Waals surface area (Å²) in [5.41, 5.74) is 6.42. The number of carbonyl (C=O) groups excluding carboxylic acids is 2. The Morgan fingerprint density at radius 3 is 2.33 bits per heavy atom. The predicted molar refractivity (Wildman–Crippen MR) is 119 cm³/mol. The van der Waals surface area contributed by atoms with Crippen LogP contribution in [0.2, 0.25) is 0 Å². The number of benzene rings is 3. The molecule has 2 N–H and O–H groups in total. The van der Waals surface area contributed by atoms with Crippen LogP contribution >= 0.6 is 15.9 Å². The summed E-state index contributed by atoms with van der Waals surface area (Å²) in [5, 5.41) is 2.91. The van der Waals surface area contributed by atoms with Gasteiger partial charge in [0.15, 0.2) is 6.04 Å². The molecule has 3 aromatic carbocycles. The summed E-state index contributed by atoms with van der Waals surface area (Å²) in [4.78, 5) is 25.6. The molecule has 150 valence electrons. The molecule has 0 unspecified atom stereocenters. The Morgan fingerprint density at radius 1 is 1.00 bits per heavy atom. The van der Waals surface area contributed by atoms with E-state index >= 15 is 0 Å². The number of halogens is 1. The van der Waals surface area contributed by atoms with Gasteiger partial charge in [-0.25, -0.2) is 0 Å². The van der Waals surface area contributed by atoms with Crippen molar-refractivity contribution in [3.05, 3.63) is 106 Å². The van der Waals surface area contributed by atoms with Crippen molar-refractivity contribution in [2.24, 2.45) is 0 Å². The van der Waals surface area contributed by atoms with Gasteiger partial charge < -0.3 is 5.32 Å². The van der Waals surface area contributed by atoms with Gasteiger partial charge >= 0.3 is 5.91 Å². The molecule has 0 spiro atoms. The minimum absolute atomic E-state index is 0.252. The zero-order valence-electron chi connectivity index (χ0n) is 16.4. The van der Waals surface area contributed by atoms with Gasteiger partial charge in [-0.1, -0.05) is 64.0 Å². The zero-order valence-corrected chi connectivity index (χ0v) is 18.0. The van der Waals surface area contributed by atoms with E-state index in [0.717, 1.165) is 21.2 Å². The molecule has 0 radical (unpaired) electrons. The van der Waals surface area contributed by atoms with Crippen LogP contribution in [0.4, 0.5) is 0 Å². The van der Waals surface area contributed by atoms with Gasteiger partial charge in [0.2, 0.25) is 12.3 Å². The molecule has 5 nitrogen and oxygen atoms in total. The SMILES string of the molecule is Cc1ccc([C@@H]2[C@H](NC(=O)c3ccccc3)C(=O)N/[N+]2=C\c2ccc(Br)cc2)cc1. The Morgan fingerprint density at radius 2 is 1.67 bits per heavy atom. The summed E-state index contributed by atoms with van der Waals surface area (Å²) in [7, 11) is 0. The van der Waals surface area contributed by atoms with Crippen LogP contribution in [0.1, 0.15) is 33.1 Å². The second kappa shape index (κ2) is 8.63. The van der Waals surface area contributed by atoms with Gasteiger partial charge in [-0.3, -0.25) is 9.59 Å². The van der Waals surface area contributed by atoms with Crippen LogP contribution in [-0.4, -0.2) is 28.8 Å². The summed E-state index contributed by atoms with van der Waals surface area (Å²) < 4.78 is 2.75. The van der Waals surface area contributed by atoms with Gasteiger partial charge in [0.25, 0.3) is 5.91 Å². The Bertz CT molecular complexity index is 1090. The molecule has 4 rings (SSSR count). The number of nitrogens with one attached hydrogen (secondary N) is 2. The van der Waals surface area contributed by atoms with Crippen molar-refractivity contribution in [2.45, 2.75) is 19.0 Å². The van der Waals surface area contributed by atoms with Crippen LogP contribution < -0.4 is 10.7 Å². The summed E-state index contributed by atoms with van der Waals surface area (Å²) in [5.74, 6) is -0.531. The number of carbonyl (C=O) groups is 2. The Labute approximate surface area is 183 Å². The number of hydrazone groups is 1. The highest BCUT2D eigenvalue weighted by atomic mass is 79.9. The topological polar surface area (TPSA) is 61.2 Å². The first-order valence-electron chi connectivity index (χ1n) is 9.63. The molecule has 1 saturated heterocycles. The fraction of sp³-hybridized carbons (Fsp3) is 0.125. The van der Waals surface area contributed by atoms with Gasteiger partial charge in [-0.2, -0.15) is 0 Å². The lowest BCUT2D eigenvalue weighted by Crippen LogP contribution is -2.42. The smallest absolute Gasteiger partial charge is 0.304 e. The van der Waals surface area contributed by atoms with Crippen LogP contribution in [0, 0.1) is 6.92 Å². The molecule has 1 fully saturated rings. The van der Waals surface area contributed by atoms with E-state index in [1.165, 1.54) is 0 Å². The van der Waals surface area contributed by atoms with Gasteiger partial charge in [-0.15, -0.1) is 10.1 Å². The van der Waals surface area contributed by atoms with Gasteiger partial charge in [-0.05, 0) is 43.3 Å². The van der Waals surface area contributed by atoms with Crippen LogP contribution in [-0.2, 0) is 4.79 Å². The van der Waals surface area contributed by atoms with Crippen molar-refractivity contribution in [3.8, 4) is 0 Å². The normalized spacial score (nSPS) is 19.5. The minimum atomic E-state index is -0.730. The fourth-order valence-corrected chi connectivity index (χ4v) is 3.73. The first-order valence-corrected chi connectivity index (χ1v) is 10.4. The Balaban J connectivity index is 1.70. The maximum absolute atomic E-state index is 12.9. The standard InChI is InChI=1S/C24H20BrN3O2/c1-16-7-11-18(12-8-16)22-21(26-23(29)19-5-3-2-4-6-19)24(30)27-28(22)15-17-9-13-20(25)14-10-17/h2-15,21-22H,1H3,(H-,26,27,29,30)/p+1/b28-15-/t21-,22+/m0/s1. The van der Waals surface area contributed by atoms with Gasteiger partial charge in [0, 0.05) is 21.2 Å². The van der Waals surface area contributed by atoms with Crippen molar-refractivity contribution in [1.82, 2.24) is 10.7 Å². The van der Waals surface area contributed by atoms with Crippen molar-refractivity contribution in [3.63, 3.8) is 0 Å². The van der Waals surface area contributed by atoms with Crippen molar-refractivity contribution >= 4 is 34.0 Å². The summed E-state index contributed by atoms with van der Waals surface area (Å²) in [6.45, 7) is 2.02. The van der Waals surface area contributed by atoms with E-state index in [1.807, 2.05) is 67.7 Å². The van der Waals surface area contributed by atoms with Gasteiger partial charge in [0.1, 0.15) is 0 Å². The van der Waals surface area contributed by atoms with Gasteiger partial charge in [0.05, 0.1) is 0 Å². The second-order valence-electron chi connectivity index (χ2n) is 7.24. The molecular weight excluding hydrogens is 442 g/mol. The maximum atomic E-state index is 12.9. The molecule has 0 bridgehead atoms. The molecule has 2 atom stereocenters. The Kier molecular flexibility index (Phi) is 5.77. The summed E-state index contributed by atoms with van der Waals surface area (Å²) >= 11 is 3.44. The molecule has 30 heavy (non-hydrogen) atoms. The summed E-state index contributed by atoms with van der Waals surface area (Å²) in [6, 6.07) is 23.6. The third-order valence-electron chi connectivity index (χ3n) is 5.04. The van der Waals surface area contributed by atoms with Crippen molar-refractivity contribution < 1.29 is 14.3 Å². The van der Waals surface area contributed by atoms with E-state index in [1.54, 1.807) is 28.9 Å². The molecule has 0 aromatic heterocycles. The molecule has 1 heterocycles. The van der Waals surface area contributed by atoms with E-state index in [2.05, 4.69) is 26.7 Å². The van der Waals surface area contributed by atoms with Crippen molar-refractivity contribution in [2.75, 3.05) is 0 Å². The quantitative estimate of drug-likeness (QED) is 0.579. The van der Waals surface area contributed by atoms with E-state index in [0.29, 0.717) is 5.56 Å². The number of aryl methyl sites for hydroxylation is 1. The molecule has 6 heteroatoms. The lowest BCUT2D eigenvalue weighted by Gasteiger charge is -2.15. The molecule has 3 aromatic rings. The third kappa shape index (κ3) is 4.33. The molecule has 0 saturated carbocycles. The number of nitrogens with zero attached hydrogens (tertiary/aromatic N) is 1. The number of hydrazine groups is 1. The second-order valence-corrected chi connectivity index (χ2v) is 8.15. The highest BCUT2D eigenvalue weighted by Crippen LogP contribution is 2.26.